The Labute approximate surface area is 166 Å². The molecule has 2 aliphatic heterocycles. The van der Waals surface area contributed by atoms with E-state index in [2.05, 4.69) is 21.5 Å². The maximum absolute atomic E-state index is 12.7. The maximum Gasteiger partial charge on any atom is 0.416 e. The Balaban J connectivity index is 0.00000280. The second-order valence-electron chi connectivity index (χ2n) is 6.77. The fourth-order valence-electron chi connectivity index (χ4n) is 3.32. The van der Waals surface area contributed by atoms with Gasteiger partial charge in [0.1, 0.15) is 24.5 Å². The van der Waals surface area contributed by atoms with Crippen LogP contribution in [0.15, 0.2) is 24.3 Å². The monoisotopic (exact) mass is 424 g/mol. The minimum atomic E-state index is -4.46. The summed E-state index contributed by atoms with van der Waals surface area (Å²) >= 11 is 0. The van der Waals surface area contributed by atoms with Gasteiger partial charge in [-0.2, -0.15) is 13.2 Å². The van der Waals surface area contributed by atoms with Gasteiger partial charge in [-0.05, 0) is 31.2 Å². The summed E-state index contributed by atoms with van der Waals surface area (Å²) in [7, 11) is 0. The maximum atomic E-state index is 12.7. The lowest BCUT2D eigenvalue weighted by atomic mass is 9.89. The van der Waals surface area contributed by atoms with Crippen molar-refractivity contribution in [2.45, 2.75) is 30.8 Å². The topological polar surface area (TPSA) is 94.7 Å². The molecule has 2 fully saturated rings. The Bertz CT molecular complexity index is 665. The van der Waals surface area contributed by atoms with Gasteiger partial charge in [0.05, 0.1) is 5.56 Å². The molecule has 0 bridgehead atoms. The first-order chi connectivity index (χ1) is 12.8. The number of alkyl halides is 3. The molecule has 1 aromatic rings. The molecule has 0 radical (unpaired) electrons. The normalized spacial score (nSPS) is 25.4. The summed E-state index contributed by atoms with van der Waals surface area (Å²) in [4.78, 5) is 12.3. The van der Waals surface area contributed by atoms with Crippen molar-refractivity contribution >= 4 is 18.3 Å². The Morgan fingerprint density at radius 3 is 2.89 bits per heavy atom. The van der Waals surface area contributed by atoms with E-state index in [0.717, 1.165) is 31.6 Å². The van der Waals surface area contributed by atoms with Crippen LogP contribution in [-0.2, 0) is 11.0 Å². The van der Waals surface area contributed by atoms with Gasteiger partial charge in [0, 0.05) is 25.0 Å². The van der Waals surface area contributed by atoms with Crippen molar-refractivity contribution in [1.82, 2.24) is 21.5 Å². The summed E-state index contributed by atoms with van der Waals surface area (Å²) in [5.74, 6) is -0.109. The standard InChI is InChI=1S/C17H23F3N4O3.ClH/c18-17(19,20)10-2-1-3-12(6-10)27-9-11(25)7-22-16(26)15-13-8-21-5-4-14(13)23-24-15;/h1-3,6,11,13-15,21,23-25H,4-5,7-9H2,(H,22,26);1H. The Morgan fingerprint density at radius 1 is 1.36 bits per heavy atom. The summed E-state index contributed by atoms with van der Waals surface area (Å²) in [6.45, 7) is 1.34. The van der Waals surface area contributed by atoms with Crippen molar-refractivity contribution in [3.63, 3.8) is 0 Å². The summed E-state index contributed by atoms with van der Waals surface area (Å²) in [5.41, 5.74) is 5.27. The van der Waals surface area contributed by atoms with Gasteiger partial charge in [0.2, 0.25) is 5.91 Å². The number of aliphatic hydroxyl groups excluding tert-OH is 1. The van der Waals surface area contributed by atoms with E-state index in [4.69, 9.17) is 4.74 Å². The molecule has 4 unspecified atom stereocenters. The van der Waals surface area contributed by atoms with Crippen molar-refractivity contribution in [1.29, 1.82) is 0 Å². The number of hydrogen-bond acceptors (Lipinski definition) is 6. The lowest BCUT2D eigenvalue weighted by Gasteiger charge is -2.27. The molecule has 0 aliphatic carbocycles. The molecule has 1 amide bonds. The fourth-order valence-corrected chi connectivity index (χ4v) is 3.32. The van der Waals surface area contributed by atoms with Gasteiger partial charge in [-0.3, -0.25) is 10.2 Å². The molecule has 5 N–H and O–H groups in total. The highest BCUT2D eigenvalue weighted by Gasteiger charge is 2.41. The van der Waals surface area contributed by atoms with Gasteiger partial charge in [-0.15, -0.1) is 12.4 Å². The third kappa shape index (κ3) is 5.71. The van der Waals surface area contributed by atoms with Crippen molar-refractivity contribution in [2.75, 3.05) is 26.2 Å². The fraction of sp³-hybridized carbons (Fsp3) is 0.588. The average Bonchev–Trinajstić information content (AvgIpc) is 3.08. The van der Waals surface area contributed by atoms with E-state index in [1.54, 1.807) is 0 Å². The molecule has 7 nitrogen and oxygen atoms in total. The molecule has 3 rings (SSSR count). The smallest absolute Gasteiger partial charge is 0.416 e. The lowest BCUT2D eigenvalue weighted by Crippen LogP contribution is -2.50. The SMILES string of the molecule is Cl.O=C(NCC(O)COc1cccc(C(F)(F)F)c1)C1NNC2CCNCC21. The van der Waals surface area contributed by atoms with Crippen LogP contribution in [-0.4, -0.2) is 55.4 Å². The zero-order chi connectivity index (χ0) is 19.4. The van der Waals surface area contributed by atoms with E-state index in [-0.39, 0.29) is 49.2 Å². The number of amides is 1. The van der Waals surface area contributed by atoms with Gasteiger partial charge in [-0.1, -0.05) is 6.07 Å². The molecule has 1 aromatic carbocycles. The van der Waals surface area contributed by atoms with Crippen LogP contribution < -0.4 is 26.2 Å². The van der Waals surface area contributed by atoms with Crippen LogP contribution in [0.4, 0.5) is 13.2 Å². The Morgan fingerprint density at radius 2 is 2.14 bits per heavy atom. The van der Waals surface area contributed by atoms with E-state index in [0.29, 0.717) is 0 Å². The third-order valence-corrected chi connectivity index (χ3v) is 4.78. The third-order valence-electron chi connectivity index (χ3n) is 4.78. The van der Waals surface area contributed by atoms with Crippen LogP contribution in [0.2, 0.25) is 0 Å². The molecule has 158 valence electrons. The number of hydrogen-bond donors (Lipinski definition) is 5. The second kappa shape index (κ2) is 9.75. The molecule has 0 aromatic heterocycles. The summed E-state index contributed by atoms with van der Waals surface area (Å²) in [6.07, 6.45) is -4.58. The lowest BCUT2D eigenvalue weighted by molar-refractivity contribution is -0.137. The van der Waals surface area contributed by atoms with E-state index in [1.165, 1.54) is 12.1 Å². The van der Waals surface area contributed by atoms with Crippen molar-refractivity contribution < 1.29 is 27.8 Å². The quantitative estimate of drug-likeness (QED) is 0.455. The van der Waals surface area contributed by atoms with Crippen LogP contribution in [0, 0.1) is 5.92 Å². The van der Waals surface area contributed by atoms with Gasteiger partial charge < -0.3 is 20.5 Å². The summed E-state index contributed by atoms with van der Waals surface area (Å²) in [5, 5.41) is 15.9. The Kier molecular flexibility index (Phi) is 7.90. The molecule has 2 aliphatic rings. The van der Waals surface area contributed by atoms with Crippen LogP contribution >= 0.6 is 12.4 Å². The van der Waals surface area contributed by atoms with Crippen LogP contribution in [0.1, 0.15) is 12.0 Å². The number of benzene rings is 1. The number of aliphatic hydroxyl groups is 1. The predicted octanol–water partition coefficient (Wildman–Crippen LogP) is 0.438. The number of ether oxygens (including phenoxy) is 1. The molecule has 11 heteroatoms. The van der Waals surface area contributed by atoms with E-state index < -0.39 is 23.9 Å². The summed E-state index contributed by atoms with van der Waals surface area (Å²) in [6, 6.07) is 4.26. The first-order valence-electron chi connectivity index (χ1n) is 8.82. The highest BCUT2D eigenvalue weighted by molar-refractivity contribution is 5.85. The first kappa shape index (κ1) is 22.7. The number of nitrogens with one attached hydrogen (secondary N) is 4. The van der Waals surface area contributed by atoms with Crippen LogP contribution in [0.25, 0.3) is 0 Å². The predicted molar refractivity (Wildman–Crippen MR) is 98.0 cm³/mol. The average molecular weight is 425 g/mol. The van der Waals surface area contributed by atoms with Crippen LogP contribution in [0.5, 0.6) is 5.75 Å². The number of carbonyl (C=O) groups is 1. The van der Waals surface area contributed by atoms with Gasteiger partial charge in [0.15, 0.2) is 0 Å². The molecular weight excluding hydrogens is 401 g/mol. The van der Waals surface area contributed by atoms with E-state index in [9.17, 15) is 23.1 Å². The highest BCUT2D eigenvalue weighted by Crippen LogP contribution is 2.31. The molecule has 2 heterocycles. The summed E-state index contributed by atoms with van der Waals surface area (Å²) < 4.78 is 43.2. The van der Waals surface area contributed by atoms with Gasteiger partial charge in [-0.25, -0.2) is 5.43 Å². The number of halogens is 4. The highest BCUT2D eigenvalue weighted by atomic mass is 35.5. The molecular formula is C17H24ClF3N4O3. The molecule has 0 saturated carbocycles. The number of piperidine rings is 1. The van der Waals surface area contributed by atoms with E-state index >= 15 is 0 Å². The molecule has 0 spiro atoms. The molecule has 4 atom stereocenters. The molecule has 28 heavy (non-hydrogen) atoms. The van der Waals surface area contributed by atoms with Crippen molar-refractivity contribution in [2.24, 2.45) is 5.92 Å². The van der Waals surface area contributed by atoms with E-state index in [1.807, 2.05) is 0 Å². The first-order valence-corrected chi connectivity index (χ1v) is 8.82. The minimum absolute atomic E-state index is 0. The van der Waals surface area contributed by atoms with Gasteiger partial charge in [0.25, 0.3) is 0 Å². The van der Waals surface area contributed by atoms with Gasteiger partial charge >= 0.3 is 6.18 Å². The number of fused-ring (bicyclic) bond motifs is 1. The second-order valence-corrected chi connectivity index (χ2v) is 6.77. The van der Waals surface area contributed by atoms with Crippen molar-refractivity contribution in [3.05, 3.63) is 29.8 Å². The number of rotatable bonds is 6. The zero-order valence-corrected chi connectivity index (χ0v) is 15.8. The minimum Gasteiger partial charge on any atom is -0.491 e. The Hall–Kier alpha value is -1.59. The number of hydrazine groups is 1. The molecule has 2 saturated heterocycles. The largest absolute Gasteiger partial charge is 0.491 e. The van der Waals surface area contributed by atoms with Crippen LogP contribution in [0.3, 0.4) is 0 Å². The van der Waals surface area contributed by atoms with Crippen molar-refractivity contribution in [3.8, 4) is 5.75 Å². The number of carbonyl (C=O) groups excluding carboxylic acids is 1. The zero-order valence-electron chi connectivity index (χ0n) is 15.0.